The quantitative estimate of drug-likeness (QED) is 0.598. The second-order valence-electron chi connectivity index (χ2n) is 4.61. The summed E-state index contributed by atoms with van der Waals surface area (Å²) in [4.78, 5) is 24.4. The van der Waals surface area contributed by atoms with Crippen molar-refractivity contribution in [1.82, 2.24) is 4.90 Å². The number of halogens is 6. The van der Waals surface area contributed by atoms with Gasteiger partial charge < -0.3 is 10.4 Å². The Morgan fingerprint density at radius 2 is 1.79 bits per heavy atom. The number of aliphatic hydroxyl groups excluding tert-OH is 1. The third-order valence-corrected chi connectivity index (χ3v) is 4.22. The lowest BCUT2D eigenvalue weighted by Gasteiger charge is -2.17. The van der Waals surface area contributed by atoms with Gasteiger partial charge in [0, 0.05) is 6.08 Å². The Balaban J connectivity index is 2.39. The summed E-state index contributed by atoms with van der Waals surface area (Å²) in [6, 6.07) is 0.561. The van der Waals surface area contributed by atoms with Gasteiger partial charge in [-0.3, -0.25) is 14.5 Å². The summed E-state index contributed by atoms with van der Waals surface area (Å²) in [5, 5.41) is 9.46. The molecular weight excluding hydrogens is 396 g/mol. The van der Waals surface area contributed by atoms with E-state index in [-0.39, 0.29) is 17.9 Å². The minimum Gasteiger partial charge on any atom is -0.395 e. The van der Waals surface area contributed by atoms with Gasteiger partial charge in [0.25, 0.3) is 11.8 Å². The van der Waals surface area contributed by atoms with E-state index in [4.69, 9.17) is 39.9 Å². The van der Waals surface area contributed by atoms with Gasteiger partial charge in [0.05, 0.1) is 39.5 Å². The van der Waals surface area contributed by atoms with Crippen LogP contribution in [0, 0.1) is 0 Å². The number of hydrogen-bond acceptors (Lipinski definition) is 4. The Hall–Kier alpha value is -1.48. The van der Waals surface area contributed by atoms with Gasteiger partial charge in [-0.1, -0.05) is 34.8 Å². The molecule has 0 aromatic heterocycles. The largest absolute Gasteiger partial charge is 0.417 e. The molecule has 0 spiro atoms. The molecule has 2 amide bonds. The predicted octanol–water partition coefficient (Wildman–Crippen LogP) is 3.32. The molecule has 1 aliphatic rings. The minimum absolute atomic E-state index is 0.228. The Kier molecular flexibility index (Phi) is 5.34. The van der Waals surface area contributed by atoms with Crippen molar-refractivity contribution in [2.24, 2.45) is 0 Å². The van der Waals surface area contributed by atoms with Gasteiger partial charge in [-0.2, -0.15) is 13.2 Å². The molecule has 1 aromatic rings. The third kappa shape index (κ3) is 3.46. The number of alkyl halides is 3. The highest BCUT2D eigenvalue weighted by molar-refractivity contribution is 6.46. The third-order valence-electron chi connectivity index (χ3n) is 3.06. The maximum absolute atomic E-state index is 12.8. The Morgan fingerprint density at radius 3 is 2.33 bits per heavy atom. The van der Waals surface area contributed by atoms with E-state index in [1.54, 1.807) is 0 Å². The first kappa shape index (κ1) is 18.9. The average Bonchev–Trinajstić information content (AvgIpc) is 2.74. The molecule has 130 valence electrons. The Morgan fingerprint density at radius 1 is 1.17 bits per heavy atom. The van der Waals surface area contributed by atoms with Crippen molar-refractivity contribution >= 4 is 52.3 Å². The summed E-state index contributed by atoms with van der Waals surface area (Å²) in [5.41, 5.74) is -1.72. The maximum Gasteiger partial charge on any atom is 0.417 e. The zero-order chi connectivity index (χ0) is 18.2. The summed E-state index contributed by atoms with van der Waals surface area (Å²) >= 11 is 17.2. The van der Waals surface area contributed by atoms with Crippen molar-refractivity contribution < 1.29 is 27.9 Å². The van der Waals surface area contributed by atoms with Crippen LogP contribution in [0.1, 0.15) is 5.56 Å². The van der Waals surface area contributed by atoms with Gasteiger partial charge in [-0.05, 0) is 6.07 Å². The molecule has 0 bridgehead atoms. The number of amides is 2. The van der Waals surface area contributed by atoms with E-state index in [2.05, 4.69) is 5.32 Å². The second kappa shape index (κ2) is 6.79. The molecule has 1 aliphatic heterocycles. The van der Waals surface area contributed by atoms with Gasteiger partial charge >= 0.3 is 6.18 Å². The predicted molar refractivity (Wildman–Crippen MR) is 82.0 cm³/mol. The van der Waals surface area contributed by atoms with Crippen LogP contribution in [0.5, 0.6) is 0 Å². The number of β-amino-alcohol motifs (C(OH)–C–C–N with tert-alkyl or cyclic N) is 1. The highest BCUT2D eigenvalue weighted by atomic mass is 35.5. The van der Waals surface area contributed by atoms with Crippen LogP contribution in [-0.2, 0) is 15.8 Å². The lowest BCUT2D eigenvalue weighted by molar-refractivity contribution is -0.138. The zero-order valence-corrected chi connectivity index (χ0v) is 13.8. The Bertz CT molecular complexity index is 750. The molecule has 5 nitrogen and oxygen atoms in total. The van der Waals surface area contributed by atoms with E-state index in [1.807, 2.05) is 0 Å². The van der Waals surface area contributed by atoms with Crippen LogP contribution in [0.2, 0.25) is 15.1 Å². The van der Waals surface area contributed by atoms with E-state index >= 15 is 0 Å². The number of rotatable bonds is 4. The van der Waals surface area contributed by atoms with Crippen LogP contribution in [-0.4, -0.2) is 35.0 Å². The van der Waals surface area contributed by atoms with E-state index in [1.165, 1.54) is 0 Å². The number of carbonyl (C=O) groups is 2. The highest BCUT2D eigenvalue weighted by Gasteiger charge is 2.37. The van der Waals surface area contributed by atoms with Gasteiger partial charge in [0.1, 0.15) is 5.70 Å². The van der Waals surface area contributed by atoms with E-state index in [0.717, 1.165) is 11.0 Å². The second-order valence-corrected chi connectivity index (χ2v) is 5.77. The van der Waals surface area contributed by atoms with E-state index in [0.29, 0.717) is 6.07 Å². The van der Waals surface area contributed by atoms with Gasteiger partial charge in [-0.15, -0.1) is 0 Å². The molecule has 2 N–H and O–H groups in total. The highest BCUT2D eigenvalue weighted by Crippen LogP contribution is 2.45. The van der Waals surface area contributed by atoms with Crippen LogP contribution >= 0.6 is 34.8 Å². The van der Waals surface area contributed by atoms with Crippen molar-refractivity contribution in [1.29, 1.82) is 0 Å². The lowest BCUT2D eigenvalue weighted by Crippen LogP contribution is -2.34. The molecular formula is C13H8Cl3F3N2O3. The molecule has 0 atom stereocenters. The van der Waals surface area contributed by atoms with Gasteiger partial charge in [0.15, 0.2) is 0 Å². The molecule has 0 unspecified atom stereocenters. The first-order chi connectivity index (χ1) is 11.1. The normalized spacial score (nSPS) is 15.1. The van der Waals surface area contributed by atoms with Crippen molar-refractivity contribution in [3.05, 3.63) is 38.5 Å². The van der Waals surface area contributed by atoms with E-state index < -0.39 is 45.2 Å². The molecule has 0 saturated heterocycles. The fourth-order valence-corrected chi connectivity index (χ4v) is 2.77. The van der Waals surface area contributed by atoms with Crippen LogP contribution in [0.15, 0.2) is 17.8 Å². The molecule has 0 radical (unpaired) electrons. The molecule has 0 saturated carbocycles. The topological polar surface area (TPSA) is 69.6 Å². The first-order valence-corrected chi connectivity index (χ1v) is 7.41. The molecule has 1 aromatic carbocycles. The van der Waals surface area contributed by atoms with Crippen molar-refractivity contribution in [2.75, 3.05) is 18.5 Å². The first-order valence-electron chi connectivity index (χ1n) is 6.28. The summed E-state index contributed by atoms with van der Waals surface area (Å²) in [6.45, 7) is -0.666. The number of anilines is 1. The number of nitrogens with zero attached hydrogens (tertiary/aromatic N) is 1. The smallest absolute Gasteiger partial charge is 0.395 e. The average molecular weight is 404 g/mol. The summed E-state index contributed by atoms with van der Waals surface area (Å²) in [7, 11) is 0. The molecule has 24 heavy (non-hydrogen) atoms. The molecule has 0 aliphatic carbocycles. The molecule has 1 heterocycles. The fraction of sp³-hybridized carbons (Fsp3) is 0.231. The van der Waals surface area contributed by atoms with Crippen LogP contribution in [0.25, 0.3) is 0 Å². The van der Waals surface area contributed by atoms with Crippen molar-refractivity contribution in [3.63, 3.8) is 0 Å². The maximum atomic E-state index is 12.8. The fourth-order valence-electron chi connectivity index (χ4n) is 1.96. The molecule has 2 rings (SSSR count). The number of hydrogen-bond donors (Lipinski definition) is 2. The monoisotopic (exact) mass is 402 g/mol. The number of imide groups is 1. The number of aliphatic hydroxyl groups is 1. The number of carbonyl (C=O) groups excluding carboxylic acids is 2. The summed E-state index contributed by atoms with van der Waals surface area (Å²) < 4.78 is 38.5. The Labute approximate surface area is 148 Å². The van der Waals surface area contributed by atoms with Crippen LogP contribution in [0.3, 0.4) is 0 Å². The van der Waals surface area contributed by atoms with Crippen LogP contribution in [0.4, 0.5) is 18.9 Å². The number of benzene rings is 1. The van der Waals surface area contributed by atoms with Crippen LogP contribution < -0.4 is 5.32 Å². The minimum atomic E-state index is -4.76. The summed E-state index contributed by atoms with van der Waals surface area (Å²) in [5.74, 6) is -1.47. The van der Waals surface area contributed by atoms with Crippen molar-refractivity contribution in [3.8, 4) is 0 Å². The molecule has 0 fully saturated rings. The van der Waals surface area contributed by atoms with Gasteiger partial charge in [0.2, 0.25) is 0 Å². The standard InChI is InChI=1S/C13H8Cl3F3N2O3/c14-6-3-5(13(17,18)19)9(15)10(16)11(6)20-7-4-8(23)21(1-2-22)12(7)24/h3-4,20,22H,1-2H2. The lowest BCUT2D eigenvalue weighted by atomic mass is 10.2. The molecule has 11 heteroatoms. The van der Waals surface area contributed by atoms with Crippen molar-refractivity contribution in [2.45, 2.75) is 6.18 Å². The SMILES string of the molecule is O=C1C=C(Nc2c(Cl)cc(C(F)(F)F)c(Cl)c2Cl)C(=O)N1CCO. The van der Waals surface area contributed by atoms with E-state index in [9.17, 15) is 22.8 Å². The van der Waals surface area contributed by atoms with Gasteiger partial charge in [-0.25, -0.2) is 0 Å². The number of nitrogens with one attached hydrogen (secondary N) is 1. The summed E-state index contributed by atoms with van der Waals surface area (Å²) in [6.07, 6.45) is -3.85. The zero-order valence-electron chi connectivity index (χ0n) is 11.5.